The summed E-state index contributed by atoms with van der Waals surface area (Å²) in [7, 11) is 1.92. The molecule has 0 aromatic carbocycles. The van der Waals surface area contributed by atoms with Crippen molar-refractivity contribution in [3.63, 3.8) is 0 Å². The molecule has 0 bridgehead atoms. The van der Waals surface area contributed by atoms with E-state index in [-0.39, 0.29) is 11.8 Å². The molecule has 1 N–H and O–H groups in total. The zero-order valence-electron chi connectivity index (χ0n) is 12.7. The zero-order chi connectivity index (χ0) is 15.4. The fraction of sp³-hybridized carbons (Fsp3) is 0.643. The van der Waals surface area contributed by atoms with Gasteiger partial charge in [-0.25, -0.2) is 9.89 Å². The Morgan fingerprint density at radius 3 is 3.18 bits per heavy atom. The molecule has 2 aromatic heterocycles. The third-order valence-electron chi connectivity index (χ3n) is 3.73. The number of aromatic amines is 1. The smallest absolute Gasteiger partial charge is 0.344 e. The summed E-state index contributed by atoms with van der Waals surface area (Å²) >= 11 is 1.62. The van der Waals surface area contributed by atoms with Crippen LogP contribution in [-0.4, -0.2) is 43.0 Å². The molecule has 0 saturated carbocycles. The Hall–Kier alpha value is -1.54. The van der Waals surface area contributed by atoms with E-state index in [1.54, 1.807) is 16.3 Å². The molecule has 1 aliphatic heterocycles. The first-order chi connectivity index (χ1) is 10.7. The standard InChI is InChI=1S/C14H21N5O2S/c1-18-9-11(8-15-18)4-3-7-22-14-17-16-13(20)19(14)10-12-5-2-6-21-12/h8-9,12H,2-7,10H2,1H3,(H,16,20). The van der Waals surface area contributed by atoms with Gasteiger partial charge in [-0.1, -0.05) is 11.8 Å². The van der Waals surface area contributed by atoms with E-state index in [9.17, 15) is 4.79 Å². The summed E-state index contributed by atoms with van der Waals surface area (Å²) in [5.74, 6) is 0.921. The van der Waals surface area contributed by atoms with Gasteiger partial charge in [-0.15, -0.1) is 5.10 Å². The Kier molecular flexibility index (Phi) is 4.99. The van der Waals surface area contributed by atoms with E-state index in [0.29, 0.717) is 6.54 Å². The molecule has 0 amide bonds. The lowest BCUT2D eigenvalue weighted by Crippen LogP contribution is -2.25. The molecule has 1 fully saturated rings. The van der Waals surface area contributed by atoms with Crippen molar-refractivity contribution in [2.45, 2.75) is 43.5 Å². The first-order valence-corrected chi connectivity index (χ1v) is 8.58. The number of thioether (sulfide) groups is 1. The van der Waals surface area contributed by atoms with Gasteiger partial charge in [0.05, 0.1) is 18.8 Å². The van der Waals surface area contributed by atoms with Crippen molar-refractivity contribution in [2.75, 3.05) is 12.4 Å². The second kappa shape index (κ2) is 7.15. The number of H-pyrrole nitrogens is 1. The maximum atomic E-state index is 11.8. The number of nitrogens with one attached hydrogen (secondary N) is 1. The lowest BCUT2D eigenvalue weighted by Gasteiger charge is -2.10. The second-order valence-corrected chi connectivity index (χ2v) is 6.59. The van der Waals surface area contributed by atoms with Gasteiger partial charge < -0.3 is 4.74 Å². The first-order valence-electron chi connectivity index (χ1n) is 7.59. The van der Waals surface area contributed by atoms with Crippen LogP contribution in [0.3, 0.4) is 0 Å². The summed E-state index contributed by atoms with van der Waals surface area (Å²) < 4.78 is 9.12. The predicted octanol–water partition coefficient (Wildman–Crippen LogP) is 1.21. The van der Waals surface area contributed by atoms with E-state index in [1.165, 1.54) is 5.56 Å². The number of rotatable bonds is 7. The molecule has 3 rings (SSSR count). The van der Waals surface area contributed by atoms with Crippen molar-refractivity contribution >= 4 is 11.8 Å². The van der Waals surface area contributed by atoms with Gasteiger partial charge in [-0.3, -0.25) is 9.25 Å². The van der Waals surface area contributed by atoms with Crippen molar-refractivity contribution in [1.29, 1.82) is 0 Å². The maximum absolute atomic E-state index is 11.8. The summed E-state index contributed by atoms with van der Waals surface area (Å²) in [5.41, 5.74) is 1.09. The van der Waals surface area contributed by atoms with Crippen LogP contribution in [0.2, 0.25) is 0 Å². The predicted molar refractivity (Wildman–Crippen MR) is 84.1 cm³/mol. The van der Waals surface area contributed by atoms with E-state index in [4.69, 9.17) is 4.74 Å². The van der Waals surface area contributed by atoms with E-state index < -0.39 is 0 Å². The minimum absolute atomic E-state index is 0.144. The number of hydrogen-bond donors (Lipinski definition) is 1. The molecule has 22 heavy (non-hydrogen) atoms. The summed E-state index contributed by atoms with van der Waals surface area (Å²) in [4.78, 5) is 11.8. The largest absolute Gasteiger partial charge is 0.376 e. The molecule has 120 valence electrons. The van der Waals surface area contributed by atoms with Crippen LogP contribution in [0, 0.1) is 0 Å². The molecule has 1 unspecified atom stereocenters. The van der Waals surface area contributed by atoms with Gasteiger partial charge in [-0.2, -0.15) is 5.10 Å². The highest BCUT2D eigenvalue weighted by atomic mass is 32.2. The van der Waals surface area contributed by atoms with Crippen molar-refractivity contribution in [3.8, 4) is 0 Å². The van der Waals surface area contributed by atoms with Gasteiger partial charge in [0.1, 0.15) is 0 Å². The Morgan fingerprint density at radius 2 is 2.45 bits per heavy atom. The highest BCUT2D eigenvalue weighted by Crippen LogP contribution is 2.19. The molecule has 0 radical (unpaired) electrons. The number of nitrogens with zero attached hydrogens (tertiary/aromatic N) is 4. The van der Waals surface area contributed by atoms with E-state index in [1.807, 2.05) is 24.1 Å². The normalized spacial score (nSPS) is 18.1. The molecular weight excluding hydrogens is 302 g/mol. The molecule has 0 spiro atoms. The number of aromatic nitrogens is 5. The van der Waals surface area contributed by atoms with Gasteiger partial charge in [0.25, 0.3) is 0 Å². The van der Waals surface area contributed by atoms with Crippen molar-refractivity contribution in [1.82, 2.24) is 24.5 Å². The third-order valence-corrected chi connectivity index (χ3v) is 4.80. The van der Waals surface area contributed by atoms with E-state index in [2.05, 4.69) is 15.3 Å². The highest BCUT2D eigenvalue weighted by Gasteiger charge is 2.19. The average molecular weight is 323 g/mol. The van der Waals surface area contributed by atoms with Crippen LogP contribution in [-0.2, 0) is 24.8 Å². The third kappa shape index (κ3) is 3.80. The molecule has 1 aliphatic rings. The van der Waals surface area contributed by atoms with Crippen LogP contribution in [0.15, 0.2) is 22.3 Å². The topological polar surface area (TPSA) is 77.7 Å². The van der Waals surface area contributed by atoms with Crippen LogP contribution in [0.25, 0.3) is 0 Å². The Morgan fingerprint density at radius 1 is 1.55 bits per heavy atom. The lowest BCUT2D eigenvalue weighted by atomic mass is 10.2. The van der Waals surface area contributed by atoms with Crippen LogP contribution in [0.5, 0.6) is 0 Å². The SMILES string of the molecule is Cn1cc(CCCSc2n[nH]c(=O)n2CC2CCCO2)cn1. The van der Waals surface area contributed by atoms with Gasteiger partial charge in [0.15, 0.2) is 5.16 Å². The minimum Gasteiger partial charge on any atom is -0.376 e. The maximum Gasteiger partial charge on any atom is 0.344 e. The molecule has 3 heterocycles. The molecule has 2 aromatic rings. The molecule has 1 atom stereocenters. The summed E-state index contributed by atoms with van der Waals surface area (Å²) in [6.07, 6.45) is 8.18. The monoisotopic (exact) mass is 323 g/mol. The van der Waals surface area contributed by atoms with Crippen molar-refractivity contribution in [2.24, 2.45) is 7.05 Å². The molecule has 7 nitrogen and oxygen atoms in total. The van der Waals surface area contributed by atoms with E-state index >= 15 is 0 Å². The fourth-order valence-electron chi connectivity index (χ4n) is 2.61. The van der Waals surface area contributed by atoms with Gasteiger partial charge in [-0.05, 0) is 31.2 Å². The molecule has 1 saturated heterocycles. The minimum atomic E-state index is -0.148. The van der Waals surface area contributed by atoms with E-state index in [0.717, 1.165) is 43.2 Å². The zero-order valence-corrected chi connectivity index (χ0v) is 13.5. The quantitative estimate of drug-likeness (QED) is 0.612. The van der Waals surface area contributed by atoms with Gasteiger partial charge in [0, 0.05) is 25.6 Å². The summed E-state index contributed by atoms with van der Waals surface area (Å²) in [6, 6.07) is 0. The lowest BCUT2D eigenvalue weighted by molar-refractivity contribution is 0.0941. The Labute approximate surface area is 133 Å². The average Bonchev–Trinajstić information content (AvgIpc) is 3.21. The van der Waals surface area contributed by atoms with Crippen LogP contribution in [0.4, 0.5) is 0 Å². The van der Waals surface area contributed by atoms with Gasteiger partial charge >= 0.3 is 5.69 Å². The molecular formula is C14H21N5O2S. The van der Waals surface area contributed by atoms with Crippen LogP contribution >= 0.6 is 11.8 Å². The number of hydrogen-bond acceptors (Lipinski definition) is 5. The van der Waals surface area contributed by atoms with Crippen molar-refractivity contribution < 1.29 is 4.74 Å². The summed E-state index contributed by atoms with van der Waals surface area (Å²) in [5, 5.41) is 11.6. The summed E-state index contributed by atoms with van der Waals surface area (Å²) in [6.45, 7) is 1.39. The first kappa shape index (κ1) is 15.4. The van der Waals surface area contributed by atoms with Crippen LogP contribution in [0.1, 0.15) is 24.8 Å². The Balaban J connectivity index is 1.50. The number of aryl methyl sites for hydroxylation is 2. The fourth-order valence-corrected chi connectivity index (χ4v) is 3.50. The number of ether oxygens (including phenoxy) is 1. The Bertz CT molecular complexity index is 656. The van der Waals surface area contributed by atoms with Crippen molar-refractivity contribution in [3.05, 3.63) is 28.4 Å². The highest BCUT2D eigenvalue weighted by molar-refractivity contribution is 7.99. The van der Waals surface area contributed by atoms with Crippen LogP contribution < -0.4 is 5.69 Å². The van der Waals surface area contributed by atoms with Gasteiger partial charge in [0.2, 0.25) is 0 Å². The molecule has 8 heteroatoms. The molecule has 0 aliphatic carbocycles. The second-order valence-electron chi connectivity index (χ2n) is 5.53.